The van der Waals surface area contributed by atoms with E-state index in [-0.39, 0.29) is 23.4 Å². The summed E-state index contributed by atoms with van der Waals surface area (Å²) in [4.78, 5) is 12.6. The first-order valence-corrected chi connectivity index (χ1v) is 12.2. The van der Waals surface area contributed by atoms with Gasteiger partial charge in [-0.25, -0.2) is 0 Å². The number of nitrogens with zero attached hydrogens (tertiary/aromatic N) is 1. The molecule has 2 rings (SSSR count). The molecule has 2 aliphatic rings. The molecule has 28 heavy (non-hydrogen) atoms. The summed E-state index contributed by atoms with van der Waals surface area (Å²) in [5.41, 5.74) is -0.160. The maximum atomic E-state index is 12.6. The second-order valence-corrected chi connectivity index (χ2v) is 9.55. The molecule has 160 valence electrons. The largest absolute Gasteiger partial charge is 0.462 e. The van der Waals surface area contributed by atoms with Crippen LogP contribution in [0, 0.1) is 28.6 Å². The third-order valence-corrected chi connectivity index (χ3v) is 7.31. The van der Waals surface area contributed by atoms with Crippen LogP contribution >= 0.6 is 0 Å². The van der Waals surface area contributed by atoms with Crippen molar-refractivity contribution in [2.75, 3.05) is 0 Å². The highest BCUT2D eigenvalue weighted by molar-refractivity contribution is 5.72. The number of esters is 1. The Kier molecular flexibility index (Phi) is 10.4. The van der Waals surface area contributed by atoms with Gasteiger partial charge >= 0.3 is 5.97 Å². The molecule has 0 unspecified atom stereocenters. The van der Waals surface area contributed by atoms with Crippen LogP contribution in [0.1, 0.15) is 123 Å². The highest BCUT2D eigenvalue weighted by Gasteiger charge is 2.37. The number of rotatable bonds is 11. The van der Waals surface area contributed by atoms with Crippen molar-refractivity contribution in [3.8, 4) is 6.07 Å². The summed E-state index contributed by atoms with van der Waals surface area (Å²) < 4.78 is 5.89. The summed E-state index contributed by atoms with van der Waals surface area (Å²) in [6, 6.07) is 2.63. The SMILES string of the molecule is CCCCCCC[C@]1(C#N)CC[C@@H](OC(=O)[C@H]2CC[C@H](CCCC)CC2)CC1. The third kappa shape index (κ3) is 7.41. The van der Waals surface area contributed by atoms with Gasteiger partial charge < -0.3 is 4.74 Å². The molecule has 2 saturated carbocycles. The molecule has 0 spiro atoms. The fourth-order valence-corrected chi connectivity index (χ4v) is 5.19. The minimum Gasteiger partial charge on any atom is -0.462 e. The Hall–Kier alpha value is -1.04. The Balaban J connectivity index is 1.67. The Morgan fingerprint density at radius 3 is 2.18 bits per heavy atom. The van der Waals surface area contributed by atoms with E-state index < -0.39 is 0 Å². The van der Waals surface area contributed by atoms with Crippen LogP contribution in [-0.2, 0) is 9.53 Å². The van der Waals surface area contributed by atoms with Crippen molar-refractivity contribution in [2.24, 2.45) is 17.3 Å². The second kappa shape index (κ2) is 12.5. The summed E-state index contributed by atoms with van der Waals surface area (Å²) in [7, 11) is 0. The first-order chi connectivity index (χ1) is 13.6. The van der Waals surface area contributed by atoms with Gasteiger partial charge in [-0.2, -0.15) is 5.26 Å². The second-order valence-electron chi connectivity index (χ2n) is 9.55. The monoisotopic (exact) mass is 389 g/mol. The smallest absolute Gasteiger partial charge is 0.309 e. The van der Waals surface area contributed by atoms with E-state index in [1.54, 1.807) is 0 Å². The Morgan fingerprint density at radius 2 is 1.57 bits per heavy atom. The molecule has 0 heterocycles. The maximum absolute atomic E-state index is 12.6. The minimum atomic E-state index is -0.160. The Bertz CT molecular complexity index is 479. The summed E-state index contributed by atoms with van der Waals surface area (Å²) in [5.74, 6) is 0.995. The van der Waals surface area contributed by atoms with Crippen molar-refractivity contribution in [3.63, 3.8) is 0 Å². The van der Waals surface area contributed by atoms with E-state index in [1.807, 2.05) is 0 Å². The van der Waals surface area contributed by atoms with Crippen molar-refractivity contribution < 1.29 is 9.53 Å². The lowest BCUT2D eigenvalue weighted by Gasteiger charge is -2.35. The average molecular weight is 390 g/mol. The zero-order chi connectivity index (χ0) is 20.2. The molecule has 0 aromatic carbocycles. The fraction of sp³-hybridized carbons (Fsp3) is 0.920. The molecule has 0 radical (unpaired) electrons. The summed E-state index contributed by atoms with van der Waals surface area (Å²) in [6.07, 6.45) is 19.2. The zero-order valence-corrected chi connectivity index (χ0v) is 18.5. The van der Waals surface area contributed by atoms with Gasteiger partial charge in [-0.15, -0.1) is 0 Å². The van der Waals surface area contributed by atoms with Gasteiger partial charge in [0.05, 0.1) is 17.4 Å². The van der Waals surface area contributed by atoms with Gasteiger partial charge in [0.2, 0.25) is 0 Å². The number of unbranched alkanes of at least 4 members (excludes halogenated alkanes) is 5. The van der Waals surface area contributed by atoms with E-state index in [0.29, 0.717) is 0 Å². The van der Waals surface area contributed by atoms with E-state index in [0.717, 1.165) is 50.9 Å². The molecule has 0 amide bonds. The summed E-state index contributed by atoms with van der Waals surface area (Å²) in [5, 5.41) is 9.74. The van der Waals surface area contributed by atoms with Crippen molar-refractivity contribution in [3.05, 3.63) is 0 Å². The van der Waals surface area contributed by atoms with Crippen LogP contribution in [0.15, 0.2) is 0 Å². The molecule has 0 aromatic rings. The maximum Gasteiger partial charge on any atom is 0.309 e. The van der Waals surface area contributed by atoms with Crippen LogP contribution in [0.5, 0.6) is 0 Å². The quantitative estimate of drug-likeness (QED) is 0.274. The lowest BCUT2D eigenvalue weighted by atomic mass is 9.71. The van der Waals surface area contributed by atoms with Crippen LogP contribution in [0.3, 0.4) is 0 Å². The predicted molar refractivity (Wildman–Crippen MR) is 115 cm³/mol. The van der Waals surface area contributed by atoms with Crippen LogP contribution in [-0.4, -0.2) is 12.1 Å². The van der Waals surface area contributed by atoms with Gasteiger partial charge in [-0.05, 0) is 63.7 Å². The number of hydrogen-bond donors (Lipinski definition) is 0. The normalized spacial score (nSPS) is 30.5. The average Bonchev–Trinajstić information content (AvgIpc) is 2.74. The Labute approximate surface area is 173 Å². The first-order valence-electron chi connectivity index (χ1n) is 12.2. The summed E-state index contributed by atoms with van der Waals surface area (Å²) >= 11 is 0. The van der Waals surface area contributed by atoms with Crippen LogP contribution in [0.4, 0.5) is 0 Å². The molecule has 0 aliphatic heterocycles. The van der Waals surface area contributed by atoms with Crippen molar-refractivity contribution in [1.29, 1.82) is 5.26 Å². The fourth-order valence-electron chi connectivity index (χ4n) is 5.19. The third-order valence-electron chi connectivity index (χ3n) is 7.31. The minimum absolute atomic E-state index is 0.0444. The highest BCUT2D eigenvalue weighted by Crippen LogP contribution is 2.41. The number of carbonyl (C=O) groups is 1. The van der Waals surface area contributed by atoms with E-state index in [2.05, 4.69) is 19.9 Å². The lowest BCUT2D eigenvalue weighted by Crippen LogP contribution is -2.33. The topological polar surface area (TPSA) is 50.1 Å². The van der Waals surface area contributed by atoms with Gasteiger partial charge in [0.1, 0.15) is 6.10 Å². The summed E-state index contributed by atoms with van der Waals surface area (Å²) in [6.45, 7) is 4.48. The molecule has 0 saturated heterocycles. The van der Waals surface area contributed by atoms with Crippen LogP contribution < -0.4 is 0 Å². The predicted octanol–water partition coefficient (Wildman–Crippen LogP) is 7.34. The van der Waals surface area contributed by atoms with E-state index in [4.69, 9.17) is 4.74 Å². The van der Waals surface area contributed by atoms with Gasteiger partial charge in [0, 0.05) is 0 Å². The number of nitriles is 1. The Morgan fingerprint density at radius 1 is 0.929 bits per heavy atom. The lowest BCUT2D eigenvalue weighted by molar-refractivity contribution is -0.158. The van der Waals surface area contributed by atoms with Crippen molar-refractivity contribution >= 4 is 5.97 Å². The molecule has 3 heteroatoms. The molecule has 0 aromatic heterocycles. The highest BCUT2D eigenvalue weighted by atomic mass is 16.5. The van der Waals surface area contributed by atoms with Gasteiger partial charge in [-0.1, -0.05) is 65.2 Å². The van der Waals surface area contributed by atoms with E-state index in [9.17, 15) is 10.1 Å². The van der Waals surface area contributed by atoms with Crippen molar-refractivity contribution in [2.45, 2.75) is 129 Å². The van der Waals surface area contributed by atoms with Crippen molar-refractivity contribution in [1.82, 2.24) is 0 Å². The molecular formula is C25H43NO2. The molecule has 0 bridgehead atoms. The molecule has 2 fully saturated rings. The van der Waals surface area contributed by atoms with E-state index >= 15 is 0 Å². The molecule has 0 atom stereocenters. The van der Waals surface area contributed by atoms with Gasteiger partial charge in [0.15, 0.2) is 0 Å². The standard InChI is InChI=1S/C25H43NO2/c1-3-5-7-8-9-17-25(20-26)18-15-23(16-19-25)28-24(27)22-13-11-21(12-14-22)10-6-4-2/h21-23H,3-19H2,1-2H3/t21-,22-,23-,25+. The first kappa shape index (κ1) is 23.2. The zero-order valence-electron chi connectivity index (χ0n) is 18.5. The molecular weight excluding hydrogens is 346 g/mol. The molecule has 2 aliphatic carbocycles. The van der Waals surface area contributed by atoms with E-state index in [1.165, 1.54) is 64.2 Å². The van der Waals surface area contributed by atoms with Crippen LogP contribution in [0.25, 0.3) is 0 Å². The number of ether oxygens (including phenoxy) is 1. The van der Waals surface area contributed by atoms with Crippen LogP contribution in [0.2, 0.25) is 0 Å². The molecule has 0 N–H and O–H groups in total. The van der Waals surface area contributed by atoms with Gasteiger partial charge in [0.25, 0.3) is 0 Å². The van der Waals surface area contributed by atoms with Gasteiger partial charge in [-0.3, -0.25) is 4.79 Å². The number of carbonyl (C=O) groups excluding carboxylic acids is 1. The molecule has 3 nitrogen and oxygen atoms in total. The number of hydrogen-bond acceptors (Lipinski definition) is 3.